The summed E-state index contributed by atoms with van der Waals surface area (Å²) in [5.41, 5.74) is 2.31. The Labute approximate surface area is 207 Å². The van der Waals surface area contributed by atoms with Crippen LogP contribution in [0.2, 0.25) is 0 Å². The number of nitrogens with two attached hydrogens (primary N) is 1. The molecule has 9 nitrogen and oxygen atoms in total. The van der Waals surface area contributed by atoms with Gasteiger partial charge in [-0.2, -0.15) is 18.3 Å². The van der Waals surface area contributed by atoms with E-state index in [1.807, 2.05) is 6.92 Å². The summed E-state index contributed by atoms with van der Waals surface area (Å²) in [5, 5.41) is 16.4. The third-order valence-electron chi connectivity index (χ3n) is 5.60. The van der Waals surface area contributed by atoms with Crippen LogP contribution in [0.25, 0.3) is 0 Å². The van der Waals surface area contributed by atoms with Crippen LogP contribution in [0.1, 0.15) is 38.4 Å². The molecule has 4 N–H and O–H groups in total. The van der Waals surface area contributed by atoms with Gasteiger partial charge in [0.05, 0.1) is 41.0 Å². The SMILES string of the molecule is Cc1ncc(C(=O)Nc2cc(CN(C)C)cc(C(F)(F)F)c2)cc1N(N)CC(=N)c1cnn(C)c1C. The normalized spacial score (nSPS) is 11.6. The number of rotatable bonds is 8. The summed E-state index contributed by atoms with van der Waals surface area (Å²) in [6, 6.07) is 4.95. The van der Waals surface area contributed by atoms with E-state index in [-0.39, 0.29) is 30.1 Å². The largest absolute Gasteiger partial charge is 0.416 e. The van der Waals surface area contributed by atoms with Gasteiger partial charge in [0.1, 0.15) is 0 Å². The first-order valence-electron chi connectivity index (χ1n) is 11.0. The number of nitrogens with zero attached hydrogens (tertiary/aromatic N) is 5. The minimum Gasteiger partial charge on any atom is -0.322 e. The average molecular weight is 503 g/mol. The Morgan fingerprint density at radius 2 is 1.86 bits per heavy atom. The summed E-state index contributed by atoms with van der Waals surface area (Å²) in [5.74, 6) is 5.58. The van der Waals surface area contributed by atoms with Gasteiger partial charge in [-0.05, 0) is 57.8 Å². The smallest absolute Gasteiger partial charge is 0.322 e. The number of hydrazine groups is 1. The van der Waals surface area contributed by atoms with Gasteiger partial charge in [-0.15, -0.1) is 0 Å². The van der Waals surface area contributed by atoms with Gasteiger partial charge >= 0.3 is 6.18 Å². The first kappa shape index (κ1) is 26.8. The maximum Gasteiger partial charge on any atom is 0.416 e. The monoisotopic (exact) mass is 502 g/mol. The highest BCUT2D eigenvalue weighted by Crippen LogP contribution is 2.32. The number of hydrogen-bond donors (Lipinski definition) is 3. The van der Waals surface area contributed by atoms with Crippen molar-refractivity contribution in [2.24, 2.45) is 12.9 Å². The summed E-state index contributed by atoms with van der Waals surface area (Å²) in [6.07, 6.45) is -1.65. The van der Waals surface area contributed by atoms with E-state index in [1.54, 1.807) is 43.8 Å². The summed E-state index contributed by atoms with van der Waals surface area (Å²) in [6.45, 7) is 3.85. The molecule has 1 amide bonds. The molecule has 1 aromatic carbocycles. The van der Waals surface area contributed by atoms with E-state index in [4.69, 9.17) is 11.3 Å². The van der Waals surface area contributed by atoms with Crippen LogP contribution in [0.15, 0.2) is 36.7 Å². The summed E-state index contributed by atoms with van der Waals surface area (Å²) in [4.78, 5) is 18.9. The van der Waals surface area contributed by atoms with Crippen LogP contribution in [-0.4, -0.2) is 51.9 Å². The van der Waals surface area contributed by atoms with Gasteiger partial charge < -0.3 is 20.6 Å². The van der Waals surface area contributed by atoms with Crippen molar-refractivity contribution in [3.63, 3.8) is 0 Å². The first-order valence-corrected chi connectivity index (χ1v) is 11.0. The van der Waals surface area contributed by atoms with E-state index in [9.17, 15) is 18.0 Å². The lowest BCUT2D eigenvalue weighted by molar-refractivity contribution is -0.137. The van der Waals surface area contributed by atoms with Crippen LogP contribution in [0.5, 0.6) is 0 Å². The summed E-state index contributed by atoms with van der Waals surface area (Å²) in [7, 11) is 5.26. The minimum atomic E-state index is -4.56. The molecule has 0 aliphatic carbocycles. The third-order valence-corrected chi connectivity index (χ3v) is 5.60. The fourth-order valence-electron chi connectivity index (χ4n) is 3.66. The quantitative estimate of drug-likeness (QED) is 0.247. The number of halogens is 3. The Kier molecular flexibility index (Phi) is 7.80. The van der Waals surface area contributed by atoms with Crippen molar-refractivity contribution >= 4 is 23.0 Å². The highest BCUT2D eigenvalue weighted by molar-refractivity contribution is 6.05. The summed E-state index contributed by atoms with van der Waals surface area (Å²) < 4.78 is 41.9. The Balaban J connectivity index is 1.83. The van der Waals surface area contributed by atoms with Crippen molar-refractivity contribution in [2.75, 3.05) is 31.0 Å². The van der Waals surface area contributed by atoms with E-state index in [2.05, 4.69) is 15.4 Å². The molecule has 36 heavy (non-hydrogen) atoms. The molecule has 12 heteroatoms. The molecule has 0 fully saturated rings. The van der Waals surface area contributed by atoms with Crippen molar-refractivity contribution in [2.45, 2.75) is 26.6 Å². The highest BCUT2D eigenvalue weighted by Gasteiger charge is 2.31. The van der Waals surface area contributed by atoms with Crippen LogP contribution in [0, 0.1) is 19.3 Å². The zero-order valence-electron chi connectivity index (χ0n) is 20.7. The number of amides is 1. The van der Waals surface area contributed by atoms with Gasteiger partial charge in [0, 0.05) is 36.7 Å². The van der Waals surface area contributed by atoms with Gasteiger partial charge in [-0.1, -0.05) is 0 Å². The lowest BCUT2D eigenvalue weighted by atomic mass is 10.1. The second-order valence-electron chi connectivity index (χ2n) is 8.81. The fourth-order valence-corrected chi connectivity index (χ4v) is 3.66. The Morgan fingerprint density at radius 1 is 1.17 bits per heavy atom. The van der Waals surface area contributed by atoms with Crippen LogP contribution in [0.3, 0.4) is 0 Å². The van der Waals surface area contributed by atoms with Gasteiger partial charge in [0.2, 0.25) is 0 Å². The van der Waals surface area contributed by atoms with Crippen LogP contribution < -0.4 is 16.2 Å². The Bertz CT molecular complexity index is 1280. The van der Waals surface area contributed by atoms with Crippen molar-refractivity contribution in [3.8, 4) is 0 Å². The molecule has 0 spiro atoms. The Morgan fingerprint density at radius 3 is 2.44 bits per heavy atom. The lowest BCUT2D eigenvalue weighted by Gasteiger charge is -2.21. The van der Waals surface area contributed by atoms with E-state index >= 15 is 0 Å². The highest BCUT2D eigenvalue weighted by atomic mass is 19.4. The molecule has 3 rings (SSSR count). The Hall–Kier alpha value is -3.77. The molecule has 2 aromatic heterocycles. The molecule has 0 saturated heterocycles. The third kappa shape index (κ3) is 6.26. The zero-order valence-corrected chi connectivity index (χ0v) is 20.7. The maximum atomic E-state index is 13.4. The number of anilines is 2. The van der Waals surface area contributed by atoms with Crippen molar-refractivity contribution in [1.29, 1.82) is 5.41 Å². The number of benzene rings is 1. The number of alkyl halides is 3. The molecule has 192 valence electrons. The summed E-state index contributed by atoms with van der Waals surface area (Å²) >= 11 is 0. The number of hydrogen-bond acceptors (Lipinski definition) is 7. The molecule has 0 bridgehead atoms. The van der Waals surface area contributed by atoms with E-state index in [0.717, 1.165) is 17.8 Å². The molecule has 2 heterocycles. The second-order valence-corrected chi connectivity index (χ2v) is 8.81. The zero-order chi connectivity index (χ0) is 26.8. The number of aromatic nitrogens is 3. The van der Waals surface area contributed by atoms with Crippen molar-refractivity contribution < 1.29 is 18.0 Å². The van der Waals surface area contributed by atoms with Crippen molar-refractivity contribution in [1.82, 2.24) is 19.7 Å². The van der Waals surface area contributed by atoms with E-state index < -0.39 is 17.6 Å². The molecule has 0 unspecified atom stereocenters. The molecule has 3 aromatic rings. The topological polar surface area (TPSA) is 116 Å². The average Bonchev–Trinajstić information content (AvgIpc) is 3.11. The number of carbonyl (C=O) groups is 1. The van der Waals surface area contributed by atoms with Crippen LogP contribution in [-0.2, 0) is 19.8 Å². The molecule has 0 atom stereocenters. The number of carbonyl (C=O) groups excluding carboxylic acids is 1. The number of nitrogens with one attached hydrogen (secondary N) is 2. The predicted molar refractivity (Wildman–Crippen MR) is 132 cm³/mol. The minimum absolute atomic E-state index is 0.0206. The molecule has 0 radical (unpaired) electrons. The molecule has 0 aliphatic rings. The van der Waals surface area contributed by atoms with E-state index in [0.29, 0.717) is 22.5 Å². The molecule has 0 saturated carbocycles. The fraction of sp³-hybridized carbons (Fsp3) is 0.333. The van der Waals surface area contributed by atoms with Crippen LogP contribution >= 0.6 is 0 Å². The van der Waals surface area contributed by atoms with Gasteiger partial charge in [-0.25, -0.2) is 5.84 Å². The maximum absolute atomic E-state index is 13.4. The molecular weight excluding hydrogens is 473 g/mol. The van der Waals surface area contributed by atoms with Gasteiger partial charge in [0.15, 0.2) is 0 Å². The van der Waals surface area contributed by atoms with E-state index in [1.165, 1.54) is 23.3 Å². The number of pyridine rings is 1. The first-order chi connectivity index (χ1) is 16.8. The molecule has 0 aliphatic heterocycles. The second kappa shape index (κ2) is 10.5. The van der Waals surface area contributed by atoms with Gasteiger partial charge in [0.25, 0.3) is 5.91 Å². The van der Waals surface area contributed by atoms with Gasteiger partial charge in [-0.3, -0.25) is 14.5 Å². The van der Waals surface area contributed by atoms with Crippen molar-refractivity contribution in [3.05, 3.63) is 70.3 Å². The standard InChI is InChI=1S/C24H29F3N8O/c1-14-22(35(29)13-21(28)20-11-31-34(5)15(20)2)8-17(10-30-14)23(36)32-19-7-16(12-33(3)4)6-18(9-19)24(25,26)27/h6-11,28H,12-13,29H2,1-5H3,(H,32,36). The van der Waals surface area contributed by atoms with Crippen LogP contribution in [0.4, 0.5) is 24.5 Å². The lowest BCUT2D eigenvalue weighted by Crippen LogP contribution is -2.37. The predicted octanol–water partition coefficient (Wildman–Crippen LogP) is 3.51. The molecular formula is C24H29F3N8O. The number of aryl methyl sites for hydroxylation is 2.